The van der Waals surface area contributed by atoms with Crippen LogP contribution in [-0.4, -0.2) is 54.2 Å². The molecule has 0 aliphatic carbocycles. The number of rotatable bonds is 6. The first kappa shape index (κ1) is 25.4. The summed E-state index contributed by atoms with van der Waals surface area (Å²) in [4.78, 5) is 32.8. The first-order valence-electron chi connectivity index (χ1n) is 12.1. The van der Waals surface area contributed by atoms with Crippen LogP contribution in [0.2, 0.25) is 5.02 Å². The molecule has 2 aliphatic rings. The Morgan fingerprint density at radius 1 is 1.37 bits per heavy atom. The summed E-state index contributed by atoms with van der Waals surface area (Å²) in [7, 11) is 1.54. The van der Waals surface area contributed by atoms with E-state index in [0.29, 0.717) is 65.0 Å². The molecule has 1 fully saturated rings. The van der Waals surface area contributed by atoms with Crippen LogP contribution in [0.3, 0.4) is 0 Å². The molecule has 0 unspecified atom stereocenters. The molecule has 0 radical (unpaired) electrons. The van der Waals surface area contributed by atoms with Crippen molar-refractivity contribution in [3.05, 3.63) is 71.2 Å². The van der Waals surface area contributed by atoms with E-state index < -0.39 is 5.54 Å². The van der Waals surface area contributed by atoms with Gasteiger partial charge in [0.25, 0.3) is 5.91 Å². The molecule has 10 heteroatoms. The van der Waals surface area contributed by atoms with Gasteiger partial charge < -0.3 is 30.4 Å². The molecule has 9 nitrogen and oxygen atoms in total. The molecule has 3 aromatic rings. The van der Waals surface area contributed by atoms with E-state index in [1.807, 2.05) is 12.1 Å². The smallest absolute Gasteiger partial charge is 0.255 e. The zero-order valence-corrected chi connectivity index (χ0v) is 21.5. The van der Waals surface area contributed by atoms with Gasteiger partial charge in [-0.2, -0.15) is 0 Å². The first-order chi connectivity index (χ1) is 18.4. The van der Waals surface area contributed by atoms with Crippen LogP contribution in [0.15, 0.2) is 49.3 Å². The Morgan fingerprint density at radius 3 is 3.00 bits per heavy atom. The predicted molar refractivity (Wildman–Crippen MR) is 145 cm³/mol. The highest BCUT2D eigenvalue weighted by Crippen LogP contribution is 2.41. The van der Waals surface area contributed by atoms with Gasteiger partial charge in [0.2, 0.25) is 5.91 Å². The molecular weight excluding hydrogens is 506 g/mol. The lowest BCUT2D eigenvalue weighted by atomic mass is 9.97. The quantitative estimate of drug-likeness (QED) is 0.285. The molecule has 5 rings (SSSR count). The molecule has 2 aromatic heterocycles. The van der Waals surface area contributed by atoms with Crippen molar-refractivity contribution in [2.45, 2.75) is 18.4 Å². The third-order valence-corrected chi connectivity index (χ3v) is 6.79. The van der Waals surface area contributed by atoms with Crippen molar-refractivity contribution in [3.8, 4) is 28.8 Å². The summed E-state index contributed by atoms with van der Waals surface area (Å²) in [6.07, 6.45) is 5.73. The number of fused-ring (bicyclic) bond motifs is 1. The van der Waals surface area contributed by atoms with E-state index >= 15 is 0 Å². The molecular formula is C28H26ClN5O4. The monoisotopic (exact) mass is 531 g/mol. The number of hydrogen-bond donors (Lipinski definition) is 4. The maximum Gasteiger partial charge on any atom is 0.255 e. The summed E-state index contributed by atoms with van der Waals surface area (Å²) in [5.41, 5.74) is 3.71. The molecule has 4 heterocycles. The highest BCUT2D eigenvalue weighted by atomic mass is 35.5. The van der Waals surface area contributed by atoms with Crippen molar-refractivity contribution in [2.24, 2.45) is 0 Å². The molecule has 4 N–H and O–H groups in total. The third-order valence-electron chi connectivity index (χ3n) is 6.49. The molecule has 1 saturated heterocycles. The molecule has 0 spiro atoms. The average molecular weight is 532 g/mol. The first-order valence-corrected chi connectivity index (χ1v) is 12.4. The highest BCUT2D eigenvalue weighted by Gasteiger charge is 2.34. The van der Waals surface area contributed by atoms with Gasteiger partial charge >= 0.3 is 0 Å². The Hall–Kier alpha value is -4.26. The van der Waals surface area contributed by atoms with E-state index in [1.165, 1.54) is 13.2 Å². The molecule has 0 saturated carbocycles. The molecule has 194 valence electrons. The fourth-order valence-electron chi connectivity index (χ4n) is 4.63. The van der Waals surface area contributed by atoms with Gasteiger partial charge in [-0.15, -0.1) is 0 Å². The number of benzene rings is 1. The zero-order valence-electron chi connectivity index (χ0n) is 20.7. The highest BCUT2D eigenvalue weighted by molar-refractivity contribution is 6.32. The van der Waals surface area contributed by atoms with Crippen LogP contribution in [-0.2, 0) is 16.0 Å². The van der Waals surface area contributed by atoms with E-state index in [-0.39, 0.29) is 18.4 Å². The normalized spacial score (nSPS) is 18.0. The Labute approximate surface area is 225 Å². The second kappa shape index (κ2) is 10.6. The van der Waals surface area contributed by atoms with Crippen molar-refractivity contribution in [1.29, 1.82) is 0 Å². The van der Waals surface area contributed by atoms with Gasteiger partial charge in [0.15, 0.2) is 5.75 Å². The van der Waals surface area contributed by atoms with Crippen LogP contribution >= 0.6 is 11.6 Å². The van der Waals surface area contributed by atoms with Crippen LogP contribution in [0.4, 0.5) is 11.4 Å². The lowest BCUT2D eigenvalue weighted by Gasteiger charge is -2.21. The van der Waals surface area contributed by atoms with Gasteiger partial charge in [-0.25, -0.2) is 0 Å². The molecule has 1 aromatic carbocycles. The minimum Gasteiger partial charge on any atom is -0.493 e. The second-order valence-electron chi connectivity index (χ2n) is 8.93. The van der Waals surface area contributed by atoms with E-state index in [0.717, 1.165) is 11.3 Å². The van der Waals surface area contributed by atoms with Crippen molar-refractivity contribution in [3.63, 3.8) is 0 Å². The standard InChI is InChI=1S/C28H26ClN5O4/c1-3-22(35)34-28(11-14-38-16-28)10-7-17-15-30-12-8-18(17)24-25(23-20(32-24)9-13-31-27(23)36)33-21-6-4-5-19(29)26(21)37-2/h3-6,8,12,15,32-33H,1,9,11,13-14,16H2,2H3,(H,31,36)(H,34,35)/t28-/m0/s1. The number of aromatic amines is 1. The van der Waals surface area contributed by atoms with E-state index in [1.54, 1.807) is 24.5 Å². The summed E-state index contributed by atoms with van der Waals surface area (Å²) >= 11 is 6.36. The van der Waals surface area contributed by atoms with Gasteiger partial charge in [-0.1, -0.05) is 36.1 Å². The van der Waals surface area contributed by atoms with Gasteiger partial charge in [0.05, 0.1) is 53.5 Å². The van der Waals surface area contributed by atoms with Crippen LogP contribution in [0.25, 0.3) is 11.3 Å². The number of pyridine rings is 1. The molecule has 2 aliphatic heterocycles. The number of carbonyl (C=O) groups is 2. The van der Waals surface area contributed by atoms with Gasteiger partial charge in [0.1, 0.15) is 5.54 Å². The summed E-state index contributed by atoms with van der Waals surface area (Å²) in [5, 5.41) is 9.64. The van der Waals surface area contributed by atoms with Crippen LogP contribution in [0, 0.1) is 11.8 Å². The number of carbonyl (C=O) groups excluding carboxylic acids is 2. The maximum absolute atomic E-state index is 13.0. The van der Waals surface area contributed by atoms with Crippen molar-refractivity contribution < 1.29 is 19.1 Å². The van der Waals surface area contributed by atoms with Crippen LogP contribution < -0.4 is 20.7 Å². The Bertz CT molecular complexity index is 1480. The molecule has 38 heavy (non-hydrogen) atoms. The summed E-state index contributed by atoms with van der Waals surface area (Å²) < 4.78 is 11.1. The average Bonchev–Trinajstić information content (AvgIpc) is 3.53. The van der Waals surface area contributed by atoms with Crippen molar-refractivity contribution in [1.82, 2.24) is 20.6 Å². The fourth-order valence-corrected chi connectivity index (χ4v) is 4.89. The number of methoxy groups -OCH3 is 1. The molecule has 1 atom stereocenters. The maximum atomic E-state index is 13.0. The number of anilines is 2. The number of amides is 2. The zero-order chi connectivity index (χ0) is 26.7. The van der Waals surface area contributed by atoms with Gasteiger partial charge in [0, 0.05) is 43.0 Å². The molecule has 2 amide bonds. The number of para-hydroxylation sites is 1. The summed E-state index contributed by atoms with van der Waals surface area (Å²) in [6, 6.07) is 7.19. The minimum atomic E-state index is -0.831. The van der Waals surface area contributed by atoms with Crippen molar-refractivity contribution >= 4 is 34.8 Å². The number of nitrogens with zero attached hydrogens (tertiary/aromatic N) is 1. The Balaban J connectivity index is 1.63. The number of ether oxygens (including phenoxy) is 2. The van der Waals surface area contributed by atoms with Crippen molar-refractivity contribution in [2.75, 3.05) is 32.2 Å². The number of nitrogens with one attached hydrogen (secondary N) is 4. The van der Waals surface area contributed by atoms with E-state index in [4.69, 9.17) is 21.1 Å². The Kier molecular flexibility index (Phi) is 7.09. The molecule has 0 bridgehead atoms. The van der Waals surface area contributed by atoms with E-state index in [9.17, 15) is 9.59 Å². The third kappa shape index (κ3) is 4.84. The lowest BCUT2D eigenvalue weighted by molar-refractivity contribution is -0.117. The van der Waals surface area contributed by atoms with Crippen LogP contribution in [0.5, 0.6) is 5.75 Å². The fraction of sp³-hybridized carbons (Fsp3) is 0.250. The topological polar surface area (TPSA) is 117 Å². The summed E-state index contributed by atoms with van der Waals surface area (Å²) in [5.74, 6) is 6.36. The van der Waals surface area contributed by atoms with E-state index in [2.05, 4.69) is 44.3 Å². The number of H-pyrrole nitrogens is 1. The number of halogens is 1. The van der Waals surface area contributed by atoms with Gasteiger partial charge in [-0.05, 0) is 24.3 Å². The SMILES string of the molecule is C=CC(=O)N[C@@]1(C#Cc2cnccc2-c2[nH]c3c(c2Nc2cccc(Cl)c2OC)C(=O)NCC3)CCOC1. The summed E-state index contributed by atoms with van der Waals surface area (Å²) in [6.45, 7) is 4.82. The van der Waals surface area contributed by atoms with Gasteiger partial charge in [-0.3, -0.25) is 14.6 Å². The predicted octanol–water partition coefficient (Wildman–Crippen LogP) is 3.58. The lowest BCUT2D eigenvalue weighted by Crippen LogP contribution is -2.47. The number of hydrogen-bond acceptors (Lipinski definition) is 6. The number of aromatic nitrogens is 2. The second-order valence-corrected chi connectivity index (χ2v) is 9.34. The Morgan fingerprint density at radius 2 is 2.24 bits per heavy atom. The van der Waals surface area contributed by atoms with Crippen LogP contribution in [0.1, 0.15) is 28.0 Å². The largest absolute Gasteiger partial charge is 0.493 e. The minimum absolute atomic E-state index is 0.187.